The number of nitrogens with zero attached hydrogens (tertiary/aromatic N) is 2. The summed E-state index contributed by atoms with van der Waals surface area (Å²) < 4.78 is 13.7. The molecule has 20 heavy (non-hydrogen) atoms. The van der Waals surface area contributed by atoms with E-state index in [0.717, 1.165) is 31.9 Å². The van der Waals surface area contributed by atoms with Crippen LogP contribution in [0.25, 0.3) is 0 Å². The molecule has 1 atom stereocenters. The smallest absolute Gasteiger partial charge is 0.126 e. The topological polar surface area (TPSA) is 46.9 Å². The second kappa shape index (κ2) is 6.52. The molecule has 1 aliphatic heterocycles. The maximum Gasteiger partial charge on any atom is 0.126 e. The summed E-state index contributed by atoms with van der Waals surface area (Å²) >= 11 is 0. The van der Waals surface area contributed by atoms with Crippen LogP contribution in [0.5, 0.6) is 0 Å². The summed E-state index contributed by atoms with van der Waals surface area (Å²) in [6.07, 6.45) is -0.685. The maximum atomic E-state index is 13.7. The number of aliphatic hydroxyl groups is 2. The fourth-order valence-corrected chi connectivity index (χ4v) is 2.64. The van der Waals surface area contributed by atoms with Crippen LogP contribution in [0.2, 0.25) is 0 Å². The summed E-state index contributed by atoms with van der Waals surface area (Å²) in [5, 5.41) is 18.8. The molecule has 1 saturated heterocycles. The Kier molecular flexibility index (Phi) is 4.96. The van der Waals surface area contributed by atoms with Gasteiger partial charge in [0.25, 0.3) is 0 Å². The van der Waals surface area contributed by atoms with Gasteiger partial charge in [-0.1, -0.05) is 0 Å². The van der Waals surface area contributed by atoms with E-state index in [1.165, 1.54) is 6.07 Å². The molecule has 0 amide bonds. The molecule has 1 heterocycles. The zero-order valence-electron chi connectivity index (χ0n) is 12.1. The summed E-state index contributed by atoms with van der Waals surface area (Å²) in [5.74, 6) is -0.274. The maximum absolute atomic E-state index is 13.7. The van der Waals surface area contributed by atoms with Crippen LogP contribution in [0.1, 0.15) is 24.2 Å². The average Bonchev–Trinajstić information content (AvgIpc) is 2.42. The first-order valence-corrected chi connectivity index (χ1v) is 7.09. The molecule has 5 heteroatoms. The molecule has 4 nitrogen and oxygen atoms in total. The van der Waals surface area contributed by atoms with E-state index in [1.807, 2.05) is 6.07 Å². The number of rotatable bonds is 4. The first-order chi connectivity index (χ1) is 9.52. The van der Waals surface area contributed by atoms with Gasteiger partial charge in [0.1, 0.15) is 5.82 Å². The molecule has 0 aliphatic carbocycles. The molecule has 1 aromatic rings. The van der Waals surface area contributed by atoms with E-state index in [0.29, 0.717) is 17.7 Å². The second-order valence-electron chi connectivity index (χ2n) is 5.39. The SMILES string of the molecule is Cc1cc(N2CCN(CCO)CC2)c([C@@H](C)O)cc1F. The van der Waals surface area contributed by atoms with Crippen LogP contribution in [0.3, 0.4) is 0 Å². The molecule has 1 aromatic carbocycles. The van der Waals surface area contributed by atoms with Gasteiger partial charge in [0.15, 0.2) is 0 Å². The van der Waals surface area contributed by atoms with Crippen molar-refractivity contribution in [2.24, 2.45) is 0 Å². The van der Waals surface area contributed by atoms with Crippen molar-refractivity contribution in [3.63, 3.8) is 0 Å². The fourth-order valence-electron chi connectivity index (χ4n) is 2.64. The number of anilines is 1. The van der Waals surface area contributed by atoms with Gasteiger partial charge in [0, 0.05) is 44.0 Å². The van der Waals surface area contributed by atoms with Gasteiger partial charge < -0.3 is 15.1 Å². The first kappa shape index (κ1) is 15.2. The van der Waals surface area contributed by atoms with E-state index in [9.17, 15) is 9.50 Å². The highest BCUT2D eigenvalue weighted by molar-refractivity contribution is 5.57. The Morgan fingerprint density at radius 3 is 2.45 bits per heavy atom. The third-order valence-electron chi connectivity index (χ3n) is 3.89. The molecule has 2 rings (SSSR count). The average molecular weight is 282 g/mol. The third-order valence-corrected chi connectivity index (χ3v) is 3.89. The van der Waals surface area contributed by atoms with E-state index < -0.39 is 6.10 Å². The molecule has 1 fully saturated rings. The lowest BCUT2D eigenvalue weighted by Crippen LogP contribution is -2.47. The van der Waals surface area contributed by atoms with Gasteiger partial charge >= 0.3 is 0 Å². The van der Waals surface area contributed by atoms with E-state index in [1.54, 1.807) is 13.8 Å². The molecule has 0 unspecified atom stereocenters. The summed E-state index contributed by atoms with van der Waals surface area (Å²) in [5.41, 5.74) is 2.16. The summed E-state index contributed by atoms with van der Waals surface area (Å²) in [7, 11) is 0. The monoisotopic (exact) mass is 282 g/mol. The van der Waals surface area contributed by atoms with E-state index >= 15 is 0 Å². The lowest BCUT2D eigenvalue weighted by Gasteiger charge is -2.37. The minimum Gasteiger partial charge on any atom is -0.395 e. The fraction of sp³-hybridized carbons (Fsp3) is 0.600. The number of benzene rings is 1. The number of β-amino-alcohol motifs (C(OH)–C–C–N with tert-alkyl or cyclic N) is 1. The molecule has 0 bridgehead atoms. The first-order valence-electron chi connectivity index (χ1n) is 7.09. The Morgan fingerprint density at radius 2 is 1.90 bits per heavy atom. The minimum absolute atomic E-state index is 0.175. The van der Waals surface area contributed by atoms with Crippen molar-refractivity contribution in [3.8, 4) is 0 Å². The lowest BCUT2D eigenvalue weighted by atomic mass is 10.0. The highest BCUT2D eigenvalue weighted by atomic mass is 19.1. The zero-order chi connectivity index (χ0) is 14.7. The Bertz CT molecular complexity index is 457. The van der Waals surface area contributed by atoms with Crippen molar-refractivity contribution in [1.29, 1.82) is 0 Å². The van der Waals surface area contributed by atoms with Crippen LogP contribution in [0, 0.1) is 12.7 Å². The number of piperazine rings is 1. The molecule has 0 saturated carbocycles. The van der Waals surface area contributed by atoms with Crippen molar-refractivity contribution >= 4 is 5.69 Å². The lowest BCUT2D eigenvalue weighted by molar-refractivity contribution is 0.186. The predicted octanol–water partition coefficient (Wildman–Crippen LogP) is 1.30. The van der Waals surface area contributed by atoms with Gasteiger partial charge in [-0.05, 0) is 31.5 Å². The number of aliphatic hydroxyl groups excluding tert-OH is 2. The summed E-state index contributed by atoms with van der Waals surface area (Å²) in [4.78, 5) is 4.39. The van der Waals surface area contributed by atoms with Crippen LogP contribution >= 0.6 is 0 Å². The van der Waals surface area contributed by atoms with Gasteiger partial charge in [-0.3, -0.25) is 4.90 Å². The zero-order valence-corrected chi connectivity index (χ0v) is 12.1. The number of hydrogen-bond donors (Lipinski definition) is 2. The third kappa shape index (κ3) is 3.29. The second-order valence-corrected chi connectivity index (χ2v) is 5.39. The Hall–Kier alpha value is -1.17. The van der Waals surface area contributed by atoms with Crippen molar-refractivity contribution in [3.05, 3.63) is 29.1 Å². The Labute approximate surface area is 119 Å². The van der Waals surface area contributed by atoms with E-state index in [-0.39, 0.29) is 12.4 Å². The molecule has 0 spiro atoms. The largest absolute Gasteiger partial charge is 0.395 e. The molecule has 0 aromatic heterocycles. The van der Waals surface area contributed by atoms with Gasteiger partial charge in [-0.25, -0.2) is 4.39 Å². The van der Waals surface area contributed by atoms with Gasteiger partial charge in [-0.15, -0.1) is 0 Å². The highest BCUT2D eigenvalue weighted by Crippen LogP contribution is 2.30. The number of hydrogen-bond acceptors (Lipinski definition) is 4. The van der Waals surface area contributed by atoms with E-state index in [2.05, 4.69) is 9.80 Å². The van der Waals surface area contributed by atoms with E-state index in [4.69, 9.17) is 5.11 Å². The van der Waals surface area contributed by atoms with Crippen LogP contribution < -0.4 is 4.90 Å². The van der Waals surface area contributed by atoms with Crippen molar-refractivity contribution in [2.75, 3.05) is 44.2 Å². The van der Waals surface area contributed by atoms with Gasteiger partial charge in [0.05, 0.1) is 12.7 Å². The quantitative estimate of drug-likeness (QED) is 0.874. The summed E-state index contributed by atoms with van der Waals surface area (Å²) in [6.45, 7) is 7.67. The van der Waals surface area contributed by atoms with Crippen molar-refractivity contribution in [1.82, 2.24) is 4.90 Å². The number of aryl methyl sites for hydroxylation is 1. The molecular weight excluding hydrogens is 259 g/mol. The van der Waals surface area contributed by atoms with Crippen molar-refractivity contribution < 1.29 is 14.6 Å². The highest BCUT2D eigenvalue weighted by Gasteiger charge is 2.21. The summed E-state index contributed by atoms with van der Waals surface area (Å²) in [6, 6.07) is 3.26. The molecule has 1 aliphatic rings. The molecule has 0 radical (unpaired) electrons. The van der Waals surface area contributed by atoms with Gasteiger partial charge in [0.2, 0.25) is 0 Å². The molecule has 112 valence electrons. The van der Waals surface area contributed by atoms with Crippen LogP contribution in [0.15, 0.2) is 12.1 Å². The van der Waals surface area contributed by atoms with Gasteiger partial charge in [-0.2, -0.15) is 0 Å². The minimum atomic E-state index is -0.685. The Balaban J connectivity index is 2.18. The van der Waals surface area contributed by atoms with Crippen LogP contribution in [-0.2, 0) is 0 Å². The van der Waals surface area contributed by atoms with Crippen LogP contribution in [-0.4, -0.2) is 54.4 Å². The molecule has 2 N–H and O–H groups in total. The predicted molar refractivity (Wildman–Crippen MR) is 77.5 cm³/mol. The standard InChI is InChI=1S/C15H23FN2O2/c1-11-9-15(13(12(2)20)10-14(11)16)18-5-3-17(4-6-18)7-8-19/h9-10,12,19-20H,3-8H2,1-2H3/t12-/m1/s1. The molecular formula is C15H23FN2O2. The van der Waals surface area contributed by atoms with Crippen LogP contribution in [0.4, 0.5) is 10.1 Å². The number of halogens is 1. The normalized spacial score (nSPS) is 18.4. The Morgan fingerprint density at radius 1 is 1.25 bits per heavy atom. The van der Waals surface area contributed by atoms with Crippen molar-refractivity contribution in [2.45, 2.75) is 20.0 Å².